The molecular weight excluding hydrogens is 290 g/mol. The lowest BCUT2D eigenvalue weighted by atomic mass is 10.2. The number of anilines is 1. The van der Waals surface area contributed by atoms with Crippen LogP contribution in [0.1, 0.15) is 18.9 Å². The van der Waals surface area contributed by atoms with Gasteiger partial charge in [-0.05, 0) is 30.2 Å². The lowest BCUT2D eigenvalue weighted by Crippen LogP contribution is -2.58. The molecule has 1 saturated heterocycles. The van der Waals surface area contributed by atoms with Crippen LogP contribution in [0.25, 0.3) is 0 Å². The van der Waals surface area contributed by atoms with Crippen LogP contribution in [0.4, 0.5) is 5.69 Å². The Morgan fingerprint density at radius 3 is 2.71 bits per heavy atom. The van der Waals surface area contributed by atoms with Gasteiger partial charge in [0, 0.05) is 25.3 Å². The maximum atomic E-state index is 12.8. The topological polar surface area (TPSA) is 78.5 Å². The van der Waals surface area contributed by atoms with Gasteiger partial charge in [-0.2, -0.15) is 4.31 Å². The average Bonchev–Trinajstić information content (AvgIpc) is 2.75. The summed E-state index contributed by atoms with van der Waals surface area (Å²) in [4.78, 5) is 11.7. The molecule has 1 fully saturated rings. The van der Waals surface area contributed by atoms with Crippen LogP contribution in [0.5, 0.6) is 0 Å². The monoisotopic (exact) mass is 309 g/mol. The van der Waals surface area contributed by atoms with Crippen molar-refractivity contribution in [2.75, 3.05) is 25.0 Å². The number of carbonyl (C=O) groups is 1. The van der Waals surface area contributed by atoms with Gasteiger partial charge in [0.15, 0.2) is 0 Å². The van der Waals surface area contributed by atoms with E-state index in [2.05, 4.69) is 10.6 Å². The lowest BCUT2D eigenvalue weighted by Gasteiger charge is -2.37. The van der Waals surface area contributed by atoms with Crippen LogP contribution in [0.3, 0.4) is 0 Å². The van der Waals surface area contributed by atoms with E-state index in [1.807, 2.05) is 6.92 Å². The molecule has 2 aliphatic rings. The lowest BCUT2D eigenvalue weighted by molar-refractivity contribution is -0.115. The Bertz CT molecular complexity index is 668. The van der Waals surface area contributed by atoms with E-state index in [4.69, 9.17) is 0 Å². The Balaban J connectivity index is 1.93. The Kier molecular flexibility index (Phi) is 3.73. The Morgan fingerprint density at radius 1 is 1.33 bits per heavy atom. The fraction of sp³-hybridized carbons (Fsp3) is 0.500. The molecule has 0 aliphatic carbocycles. The van der Waals surface area contributed by atoms with Crippen LogP contribution in [-0.2, 0) is 21.2 Å². The van der Waals surface area contributed by atoms with Gasteiger partial charge < -0.3 is 10.6 Å². The molecule has 0 saturated carbocycles. The first-order chi connectivity index (χ1) is 10.0. The number of nitrogens with zero attached hydrogens (tertiary/aromatic N) is 1. The van der Waals surface area contributed by atoms with E-state index in [-0.39, 0.29) is 23.3 Å². The number of carbonyl (C=O) groups excluding carboxylic acids is 1. The van der Waals surface area contributed by atoms with Gasteiger partial charge in [0.1, 0.15) is 0 Å². The molecule has 0 spiro atoms. The standard InChI is InChI=1S/C14H19N3O3S/c1-2-5-17(11-8-15-9-11)21(19,20)12-3-4-13-10(6-12)7-14(18)16-13/h3-4,6,11,15H,2,5,7-9H2,1H3,(H,16,18). The van der Waals surface area contributed by atoms with Crippen molar-refractivity contribution in [2.45, 2.75) is 30.7 Å². The number of fused-ring (bicyclic) bond motifs is 1. The smallest absolute Gasteiger partial charge is 0.243 e. The van der Waals surface area contributed by atoms with Crippen molar-refractivity contribution in [2.24, 2.45) is 0 Å². The normalized spacial score (nSPS) is 18.5. The summed E-state index contributed by atoms with van der Waals surface area (Å²) in [6, 6.07) is 4.91. The van der Waals surface area contributed by atoms with Gasteiger partial charge in [-0.15, -0.1) is 0 Å². The summed E-state index contributed by atoms with van der Waals surface area (Å²) in [5, 5.41) is 5.83. The summed E-state index contributed by atoms with van der Waals surface area (Å²) >= 11 is 0. The zero-order chi connectivity index (χ0) is 15.0. The summed E-state index contributed by atoms with van der Waals surface area (Å²) in [5.74, 6) is -0.0897. The SMILES string of the molecule is CCCN(C1CNC1)S(=O)(=O)c1ccc2c(c1)CC(=O)N2. The molecule has 1 aromatic rings. The van der Waals surface area contributed by atoms with E-state index in [1.54, 1.807) is 22.5 Å². The first-order valence-corrected chi connectivity index (χ1v) is 8.61. The van der Waals surface area contributed by atoms with Crippen LogP contribution >= 0.6 is 0 Å². The number of rotatable bonds is 5. The molecule has 21 heavy (non-hydrogen) atoms. The maximum Gasteiger partial charge on any atom is 0.243 e. The van der Waals surface area contributed by atoms with Gasteiger partial charge in [-0.1, -0.05) is 6.92 Å². The minimum absolute atomic E-state index is 0.0305. The van der Waals surface area contributed by atoms with E-state index < -0.39 is 10.0 Å². The molecule has 2 N–H and O–H groups in total. The first-order valence-electron chi connectivity index (χ1n) is 7.17. The quantitative estimate of drug-likeness (QED) is 0.833. The summed E-state index contributed by atoms with van der Waals surface area (Å²) < 4.78 is 27.2. The van der Waals surface area contributed by atoms with Crippen LogP contribution in [0, 0.1) is 0 Å². The van der Waals surface area contributed by atoms with E-state index in [1.165, 1.54) is 0 Å². The molecule has 0 radical (unpaired) electrons. The maximum absolute atomic E-state index is 12.8. The molecule has 6 nitrogen and oxygen atoms in total. The van der Waals surface area contributed by atoms with E-state index >= 15 is 0 Å². The third-order valence-electron chi connectivity index (χ3n) is 3.92. The molecule has 114 valence electrons. The van der Waals surface area contributed by atoms with Crippen molar-refractivity contribution in [3.63, 3.8) is 0 Å². The number of hydrogen-bond donors (Lipinski definition) is 2. The molecule has 2 aliphatic heterocycles. The van der Waals surface area contributed by atoms with Crippen molar-refractivity contribution < 1.29 is 13.2 Å². The molecule has 0 aromatic heterocycles. The molecule has 3 rings (SSSR count). The van der Waals surface area contributed by atoms with Gasteiger partial charge in [0.25, 0.3) is 0 Å². The highest BCUT2D eigenvalue weighted by atomic mass is 32.2. The Labute approximate surface area is 124 Å². The van der Waals surface area contributed by atoms with Gasteiger partial charge in [0.05, 0.1) is 17.4 Å². The van der Waals surface area contributed by atoms with Gasteiger partial charge in [-0.3, -0.25) is 4.79 Å². The molecular formula is C14H19N3O3S. The summed E-state index contributed by atoms with van der Waals surface area (Å²) in [5.41, 5.74) is 1.47. The van der Waals surface area contributed by atoms with Crippen molar-refractivity contribution in [3.8, 4) is 0 Å². The van der Waals surface area contributed by atoms with Crippen LogP contribution in [0.15, 0.2) is 23.1 Å². The Morgan fingerprint density at radius 2 is 2.10 bits per heavy atom. The van der Waals surface area contributed by atoms with Gasteiger partial charge in [-0.25, -0.2) is 8.42 Å². The van der Waals surface area contributed by atoms with Crippen LogP contribution < -0.4 is 10.6 Å². The van der Waals surface area contributed by atoms with Crippen molar-refractivity contribution in [1.82, 2.24) is 9.62 Å². The minimum atomic E-state index is -3.51. The average molecular weight is 309 g/mol. The molecule has 0 unspecified atom stereocenters. The van der Waals surface area contributed by atoms with Gasteiger partial charge >= 0.3 is 0 Å². The third-order valence-corrected chi connectivity index (χ3v) is 5.87. The second kappa shape index (κ2) is 5.40. The largest absolute Gasteiger partial charge is 0.326 e. The first kappa shape index (κ1) is 14.5. The predicted octanol–water partition coefficient (Wildman–Crippen LogP) is 0.554. The highest BCUT2D eigenvalue weighted by Gasteiger charge is 2.34. The molecule has 2 heterocycles. The number of hydrogen-bond acceptors (Lipinski definition) is 4. The number of nitrogens with one attached hydrogen (secondary N) is 2. The summed E-state index contributed by atoms with van der Waals surface area (Å²) in [6.45, 7) is 3.89. The number of benzene rings is 1. The summed E-state index contributed by atoms with van der Waals surface area (Å²) in [6.07, 6.45) is 1.03. The molecule has 1 aromatic carbocycles. The highest BCUT2D eigenvalue weighted by Crippen LogP contribution is 2.28. The van der Waals surface area contributed by atoms with Crippen LogP contribution in [0.2, 0.25) is 0 Å². The minimum Gasteiger partial charge on any atom is -0.326 e. The second-order valence-corrected chi connectivity index (χ2v) is 7.36. The predicted molar refractivity (Wildman–Crippen MR) is 79.6 cm³/mol. The zero-order valence-corrected chi connectivity index (χ0v) is 12.7. The van der Waals surface area contributed by atoms with Crippen molar-refractivity contribution >= 4 is 21.6 Å². The fourth-order valence-electron chi connectivity index (χ4n) is 2.70. The second-order valence-electron chi connectivity index (χ2n) is 5.47. The summed E-state index contributed by atoms with van der Waals surface area (Å²) in [7, 11) is -3.51. The number of sulfonamides is 1. The molecule has 1 amide bonds. The Hall–Kier alpha value is -1.44. The van der Waals surface area contributed by atoms with Crippen molar-refractivity contribution in [1.29, 1.82) is 0 Å². The molecule has 0 atom stereocenters. The zero-order valence-electron chi connectivity index (χ0n) is 11.9. The third kappa shape index (κ3) is 2.56. The number of amides is 1. The van der Waals surface area contributed by atoms with Gasteiger partial charge in [0.2, 0.25) is 15.9 Å². The van der Waals surface area contributed by atoms with E-state index in [9.17, 15) is 13.2 Å². The molecule has 0 bridgehead atoms. The molecule has 7 heteroatoms. The fourth-order valence-corrected chi connectivity index (χ4v) is 4.46. The van der Waals surface area contributed by atoms with E-state index in [0.29, 0.717) is 25.3 Å². The van der Waals surface area contributed by atoms with Crippen molar-refractivity contribution in [3.05, 3.63) is 23.8 Å². The van der Waals surface area contributed by atoms with E-state index in [0.717, 1.165) is 12.0 Å². The highest BCUT2D eigenvalue weighted by molar-refractivity contribution is 7.89. The van der Waals surface area contributed by atoms with Crippen LogP contribution in [-0.4, -0.2) is 44.3 Å².